The van der Waals surface area contributed by atoms with Gasteiger partial charge in [-0.25, -0.2) is 12.8 Å². The molecule has 4 rings (SSSR count). The number of ether oxygens (including phenoxy) is 1. The van der Waals surface area contributed by atoms with Crippen molar-refractivity contribution in [2.45, 2.75) is 44.5 Å². The molecule has 0 N–H and O–H groups in total. The summed E-state index contributed by atoms with van der Waals surface area (Å²) in [6.45, 7) is 5.91. The highest BCUT2D eigenvalue weighted by atomic mass is 32.2. The van der Waals surface area contributed by atoms with Crippen LogP contribution in [-0.4, -0.2) is 62.9 Å². The Hall–Kier alpha value is -2.65. The highest BCUT2D eigenvalue weighted by molar-refractivity contribution is 7.89. The van der Waals surface area contributed by atoms with E-state index in [0.717, 1.165) is 5.69 Å². The zero-order valence-corrected chi connectivity index (χ0v) is 20.7. The molecular weight excluding hydrogens is 457 g/mol. The van der Waals surface area contributed by atoms with E-state index in [0.29, 0.717) is 55.9 Å². The largest absolute Gasteiger partial charge is 0.497 e. The minimum atomic E-state index is -3.69. The van der Waals surface area contributed by atoms with Gasteiger partial charge in [-0.3, -0.25) is 4.79 Å². The number of hydrogen-bond donors (Lipinski definition) is 0. The topological polar surface area (TPSA) is 70.2 Å². The molecule has 0 saturated carbocycles. The van der Waals surface area contributed by atoms with E-state index in [1.54, 1.807) is 49.3 Å². The zero-order chi connectivity index (χ0) is 24.5. The Labute approximate surface area is 201 Å². The Morgan fingerprint density at radius 3 is 2.47 bits per heavy atom. The van der Waals surface area contributed by atoms with Crippen LogP contribution in [0.25, 0.3) is 0 Å². The van der Waals surface area contributed by atoms with Gasteiger partial charge in [-0.05, 0) is 49.6 Å². The van der Waals surface area contributed by atoms with Gasteiger partial charge in [0.15, 0.2) is 0 Å². The van der Waals surface area contributed by atoms with E-state index in [1.165, 1.54) is 10.4 Å². The van der Waals surface area contributed by atoms with Crippen LogP contribution in [0.1, 0.15) is 43.1 Å². The van der Waals surface area contributed by atoms with E-state index < -0.39 is 21.1 Å². The number of carbonyl (C=O) groups excluding carboxylic acids is 1. The number of benzene rings is 2. The molecule has 2 fully saturated rings. The van der Waals surface area contributed by atoms with Crippen LogP contribution in [0.2, 0.25) is 0 Å². The number of halogens is 1. The normalized spacial score (nSPS) is 23.1. The molecule has 1 unspecified atom stereocenters. The second kappa shape index (κ2) is 9.92. The van der Waals surface area contributed by atoms with Gasteiger partial charge in [0.1, 0.15) is 16.8 Å². The summed E-state index contributed by atoms with van der Waals surface area (Å²) in [6.07, 6.45) is 1.21. The summed E-state index contributed by atoms with van der Waals surface area (Å²) < 4.78 is 49.0. The van der Waals surface area contributed by atoms with Crippen molar-refractivity contribution in [1.29, 1.82) is 0 Å². The Morgan fingerprint density at radius 1 is 1.09 bits per heavy atom. The number of nitrogens with zero attached hydrogens (tertiary/aromatic N) is 3. The van der Waals surface area contributed by atoms with Gasteiger partial charge in [-0.1, -0.05) is 18.2 Å². The SMILES string of the molecule is COc1cccc(C2CC[C@H](C)N(Cc3ccc(N4CCN(C(C)=O)CC4)cc3F)S2(=O)=O)c1. The molecule has 0 spiro atoms. The van der Waals surface area contributed by atoms with E-state index in [4.69, 9.17) is 4.74 Å². The first-order chi connectivity index (χ1) is 16.2. The van der Waals surface area contributed by atoms with Crippen LogP contribution in [0.3, 0.4) is 0 Å². The predicted molar refractivity (Wildman–Crippen MR) is 130 cm³/mol. The van der Waals surface area contributed by atoms with Gasteiger partial charge in [-0.15, -0.1) is 0 Å². The van der Waals surface area contributed by atoms with Crippen molar-refractivity contribution >= 4 is 21.6 Å². The number of methoxy groups -OCH3 is 1. The first-order valence-electron chi connectivity index (χ1n) is 11.6. The molecule has 0 aliphatic carbocycles. The molecule has 9 heteroatoms. The van der Waals surface area contributed by atoms with Crippen molar-refractivity contribution in [3.63, 3.8) is 0 Å². The van der Waals surface area contributed by atoms with Crippen molar-refractivity contribution in [2.24, 2.45) is 0 Å². The summed E-state index contributed by atoms with van der Waals surface area (Å²) in [5, 5.41) is -0.682. The fourth-order valence-corrected chi connectivity index (χ4v) is 7.01. The molecule has 184 valence electrons. The molecule has 2 heterocycles. The van der Waals surface area contributed by atoms with Crippen molar-refractivity contribution in [2.75, 3.05) is 38.2 Å². The first kappa shape index (κ1) is 24.5. The Kier molecular flexibility index (Phi) is 7.14. The van der Waals surface area contributed by atoms with Gasteiger partial charge >= 0.3 is 0 Å². The van der Waals surface area contributed by atoms with Crippen LogP contribution in [0, 0.1) is 5.82 Å². The van der Waals surface area contributed by atoms with Crippen LogP contribution in [-0.2, 0) is 21.4 Å². The maximum absolute atomic E-state index is 15.1. The number of carbonyl (C=O) groups is 1. The van der Waals surface area contributed by atoms with Crippen molar-refractivity contribution in [1.82, 2.24) is 9.21 Å². The highest BCUT2D eigenvalue weighted by Crippen LogP contribution is 2.39. The van der Waals surface area contributed by atoms with E-state index >= 15 is 4.39 Å². The Balaban J connectivity index is 1.52. The van der Waals surface area contributed by atoms with Crippen molar-refractivity contribution in [3.05, 3.63) is 59.4 Å². The van der Waals surface area contributed by atoms with E-state index in [-0.39, 0.29) is 18.5 Å². The maximum Gasteiger partial charge on any atom is 0.221 e. The minimum Gasteiger partial charge on any atom is -0.497 e. The number of amides is 1. The van der Waals surface area contributed by atoms with Crippen LogP contribution in [0.5, 0.6) is 5.75 Å². The lowest BCUT2D eigenvalue weighted by Crippen LogP contribution is -2.48. The quantitative estimate of drug-likeness (QED) is 0.642. The third-order valence-electron chi connectivity index (χ3n) is 6.94. The second-order valence-corrected chi connectivity index (χ2v) is 11.1. The van der Waals surface area contributed by atoms with Gasteiger partial charge in [-0.2, -0.15) is 4.31 Å². The summed E-state index contributed by atoms with van der Waals surface area (Å²) in [5.74, 6) is 0.242. The third kappa shape index (κ3) is 4.90. The standard InChI is InChI=1S/C25H32FN3O4S/c1-18-7-10-25(20-5-4-6-23(15-20)33-3)34(31,32)29(18)17-21-8-9-22(16-24(21)26)28-13-11-27(12-14-28)19(2)30/h4-6,8-9,15-16,18,25H,7,10-14,17H2,1-3H3/t18-,25?/m0/s1. The minimum absolute atomic E-state index is 0.00576. The van der Waals surface area contributed by atoms with Gasteiger partial charge in [0.05, 0.1) is 7.11 Å². The molecule has 7 nitrogen and oxygen atoms in total. The number of anilines is 1. The summed E-state index contributed by atoms with van der Waals surface area (Å²) in [5.41, 5.74) is 1.79. The summed E-state index contributed by atoms with van der Waals surface area (Å²) in [4.78, 5) is 15.4. The van der Waals surface area contributed by atoms with Crippen molar-refractivity contribution in [3.8, 4) is 5.75 Å². The van der Waals surface area contributed by atoms with Gasteiger partial charge in [0.25, 0.3) is 0 Å². The molecule has 2 saturated heterocycles. The van der Waals surface area contributed by atoms with Gasteiger partial charge < -0.3 is 14.5 Å². The highest BCUT2D eigenvalue weighted by Gasteiger charge is 2.41. The molecule has 0 aromatic heterocycles. The molecule has 2 aliphatic rings. The lowest BCUT2D eigenvalue weighted by atomic mass is 10.0. The van der Waals surface area contributed by atoms with Crippen LogP contribution < -0.4 is 9.64 Å². The second-order valence-electron chi connectivity index (χ2n) is 9.05. The molecule has 34 heavy (non-hydrogen) atoms. The molecule has 2 atom stereocenters. The maximum atomic E-state index is 15.1. The van der Waals surface area contributed by atoms with Gasteiger partial charge in [0.2, 0.25) is 15.9 Å². The fraction of sp³-hybridized carbons (Fsp3) is 0.480. The van der Waals surface area contributed by atoms with E-state index in [1.807, 2.05) is 17.9 Å². The monoisotopic (exact) mass is 489 g/mol. The number of hydrogen-bond acceptors (Lipinski definition) is 5. The first-order valence-corrected chi connectivity index (χ1v) is 13.1. The molecule has 0 bridgehead atoms. The summed E-state index contributed by atoms with van der Waals surface area (Å²) in [7, 11) is -2.13. The molecule has 1 amide bonds. The molecule has 2 aromatic carbocycles. The lowest BCUT2D eigenvalue weighted by Gasteiger charge is -2.38. The average Bonchev–Trinajstić information content (AvgIpc) is 2.82. The van der Waals surface area contributed by atoms with Crippen LogP contribution >= 0.6 is 0 Å². The Morgan fingerprint density at radius 2 is 1.82 bits per heavy atom. The third-order valence-corrected chi connectivity index (χ3v) is 9.31. The summed E-state index contributed by atoms with van der Waals surface area (Å²) in [6, 6.07) is 11.9. The predicted octanol–water partition coefficient (Wildman–Crippen LogP) is 3.56. The van der Waals surface area contributed by atoms with Crippen LogP contribution in [0.4, 0.5) is 10.1 Å². The van der Waals surface area contributed by atoms with E-state index in [9.17, 15) is 13.2 Å². The average molecular weight is 490 g/mol. The fourth-order valence-electron chi connectivity index (χ4n) is 4.83. The lowest BCUT2D eigenvalue weighted by molar-refractivity contribution is -0.129. The van der Waals surface area contributed by atoms with E-state index in [2.05, 4.69) is 0 Å². The molecule has 2 aromatic rings. The molecule has 0 radical (unpaired) electrons. The van der Waals surface area contributed by atoms with Crippen LogP contribution in [0.15, 0.2) is 42.5 Å². The molecular formula is C25H32FN3O4S. The number of piperazine rings is 1. The number of sulfonamides is 1. The number of rotatable bonds is 5. The zero-order valence-electron chi connectivity index (χ0n) is 19.9. The van der Waals surface area contributed by atoms with Crippen molar-refractivity contribution < 1.29 is 22.3 Å². The smallest absolute Gasteiger partial charge is 0.221 e. The molecule has 2 aliphatic heterocycles. The Bertz CT molecular complexity index is 1150. The van der Waals surface area contributed by atoms with Gasteiger partial charge in [0, 0.05) is 56.9 Å². The summed E-state index contributed by atoms with van der Waals surface area (Å²) >= 11 is 0.